The molecule has 0 aliphatic heterocycles. The van der Waals surface area contributed by atoms with E-state index in [1.54, 1.807) is 30.3 Å². The zero-order valence-corrected chi connectivity index (χ0v) is 10.5. The summed E-state index contributed by atoms with van der Waals surface area (Å²) in [4.78, 5) is 11.5. The predicted molar refractivity (Wildman–Crippen MR) is 69.3 cm³/mol. The van der Waals surface area contributed by atoms with Gasteiger partial charge in [-0.2, -0.15) is 0 Å². The van der Waals surface area contributed by atoms with Gasteiger partial charge in [0.15, 0.2) is 6.10 Å². The van der Waals surface area contributed by atoms with Gasteiger partial charge in [-0.1, -0.05) is 18.2 Å². The molecule has 0 bridgehead atoms. The fraction of sp³-hybridized carbons (Fsp3) is 0.417. The highest BCUT2D eigenvalue weighted by molar-refractivity contribution is 5.82. The molecule has 1 amide bonds. The Balaban J connectivity index is 2.50. The van der Waals surface area contributed by atoms with Gasteiger partial charge >= 0.3 is 0 Å². The molecule has 0 saturated heterocycles. The summed E-state index contributed by atoms with van der Waals surface area (Å²) in [5.74, 6) is -0.995. The number of aliphatic hydroxyl groups is 5. The number of carbonyl (C=O) groups is 1. The van der Waals surface area contributed by atoms with Crippen molar-refractivity contribution in [2.24, 2.45) is 0 Å². The van der Waals surface area contributed by atoms with Crippen molar-refractivity contribution >= 4 is 11.6 Å². The maximum Gasteiger partial charge on any atom is 0.269 e. The summed E-state index contributed by atoms with van der Waals surface area (Å²) in [6.45, 7) is -0.811. The second-order valence-corrected chi connectivity index (χ2v) is 4.16. The van der Waals surface area contributed by atoms with E-state index in [0.29, 0.717) is 5.69 Å². The number of anilines is 1. The first-order chi connectivity index (χ1) is 9.47. The maximum absolute atomic E-state index is 11.5. The van der Waals surface area contributed by atoms with Crippen molar-refractivity contribution in [3.63, 3.8) is 0 Å². The fourth-order valence-electron chi connectivity index (χ4n) is 1.41. The Labute approximate surface area is 115 Å². The molecular formula is C12H18N2O6. The Morgan fingerprint density at radius 1 is 1.05 bits per heavy atom. The van der Waals surface area contributed by atoms with E-state index in [2.05, 4.69) is 10.9 Å². The van der Waals surface area contributed by atoms with Crippen LogP contribution in [0.1, 0.15) is 0 Å². The van der Waals surface area contributed by atoms with Crippen molar-refractivity contribution in [2.75, 3.05) is 12.0 Å². The zero-order valence-electron chi connectivity index (χ0n) is 10.5. The second kappa shape index (κ2) is 7.78. The van der Waals surface area contributed by atoms with Crippen molar-refractivity contribution in [3.05, 3.63) is 30.3 Å². The lowest BCUT2D eigenvalue weighted by molar-refractivity contribution is -0.148. The van der Waals surface area contributed by atoms with E-state index in [1.807, 2.05) is 0 Å². The number of aliphatic hydroxyl groups excluding tert-OH is 5. The van der Waals surface area contributed by atoms with Gasteiger partial charge < -0.3 is 25.5 Å². The molecule has 8 nitrogen and oxygen atoms in total. The minimum absolute atomic E-state index is 0.554. The number of hydrazine groups is 1. The van der Waals surface area contributed by atoms with Crippen molar-refractivity contribution in [3.8, 4) is 0 Å². The summed E-state index contributed by atoms with van der Waals surface area (Å²) in [5, 5.41) is 46.1. The molecule has 1 rings (SSSR count). The summed E-state index contributed by atoms with van der Waals surface area (Å²) < 4.78 is 0. The van der Waals surface area contributed by atoms with Gasteiger partial charge in [-0.3, -0.25) is 15.6 Å². The van der Waals surface area contributed by atoms with Crippen LogP contribution in [0.2, 0.25) is 0 Å². The third kappa shape index (κ3) is 4.44. The lowest BCUT2D eigenvalue weighted by Gasteiger charge is -2.25. The summed E-state index contributed by atoms with van der Waals surface area (Å²) in [5.41, 5.74) is 5.19. The molecule has 0 radical (unpaired) electrons. The Hall–Kier alpha value is -1.71. The van der Waals surface area contributed by atoms with Crippen LogP contribution < -0.4 is 10.9 Å². The molecule has 0 saturated carbocycles. The highest BCUT2D eigenvalue weighted by Gasteiger charge is 2.34. The Morgan fingerprint density at radius 2 is 1.65 bits per heavy atom. The van der Waals surface area contributed by atoms with E-state index in [-0.39, 0.29) is 0 Å². The molecule has 20 heavy (non-hydrogen) atoms. The number of hydrogen-bond donors (Lipinski definition) is 7. The lowest BCUT2D eigenvalue weighted by Crippen LogP contribution is -2.52. The quantitative estimate of drug-likeness (QED) is 0.276. The predicted octanol–water partition coefficient (Wildman–Crippen LogP) is -2.43. The van der Waals surface area contributed by atoms with Crippen molar-refractivity contribution in [1.82, 2.24) is 5.43 Å². The first-order valence-electron chi connectivity index (χ1n) is 5.91. The van der Waals surface area contributed by atoms with Crippen LogP contribution in [-0.2, 0) is 4.79 Å². The topological polar surface area (TPSA) is 142 Å². The molecule has 1 aromatic carbocycles. The Kier molecular flexibility index (Phi) is 6.36. The monoisotopic (exact) mass is 286 g/mol. The largest absolute Gasteiger partial charge is 0.394 e. The molecule has 0 aromatic heterocycles. The average Bonchev–Trinajstić information content (AvgIpc) is 2.50. The molecule has 0 fully saturated rings. The summed E-state index contributed by atoms with van der Waals surface area (Å²) in [6.07, 6.45) is -7.41. The first-order valence-corrected chi connectivity index (χ1v) is 5.91. The highest BCUT2D eigenvalue weighted by atomic mass is 16.4. The number of nitrogens with one attached hydrogen (secondary N) is 2. The normalized spacial score (nSPS) is 16.9. The van der Waals surface area contributed by atoms with E-state index < -0.39 is 36.9 Å². The van der Waals surface area contributed by atoms with Gasteiger partial charge in [-0.05, 0) is 12.1 Å². The molecule has 0 unspecified atom stereocenters. The number of para-hydroxylation sites is 1. The van der Waals surface area contributed by atoms with E-state index in [0.717, 1.165) is 0 Å². The van der Waals surface area contributed by atoms with E-state index in [9.17, 15) is 20.1 Å². The van der Waals surface area contributed by atoms with Crippen molar-refractivity contribution < 1.29 is 30.3 Å². The smallest absolute Gasteiger partial charge is 0.269 e. The zero-order chi connectivity index (χ0) is 15.1. The minimum Gasteiger partial charge on any atom is -0.394 e. The molecule has 8 heteroatoms. The van der Waals surface area contributed by atoms with Gasteiger partial charge in [0.05, 0.1) is 12.3 Å². The van der Waals surface area contributed by atoms with Gasteiger partial charge in [0, 0.05) is 0 Å². The molecule has 1 aromatic rings. The SMILES string of the molecule is O=C(NNc1ccccc1)[C@@H](O)[C@@H](O)[C@H](O)[C@H](O)CO. The molecular weight excluding hydrogens is 268 g/mol. The number of benzene rings is 1. The van der Waals surface area contributed by atoms with Crippen molar-refractivity contribution in [1.29, 1.82) is 0 Å². The molecule has 4 atom stereocenters. The van der Waals surface area contributed by atoms with Crippen LogP contribution in [0.15, 0.2) is 30.3 Å². The van der Waals surface area contributed by atoms with Crippen LogP contribution in [0.25, 0.3) is 0 Å². The van der Waals surface area contributed by atoms with Gasteiger partial charge in [-0.15, -0.1) is 0 Å². The highest BCUT2D eigenvalue weighted by Crippen LogP contribution is 2.06. The molecule has 0 aliphatic carbocycles. The van der Waals surface area contributed by atoms with Crippen LogP contribution >= 0.6 is 0 Å². The summed E-state index contributed by atoms with van der Waals surface area (Å²) in [6, 6.07) is 8.54. The molecule has 112 valence electrons. The van der Waals surface area contributed by atoms with Crippen LogP contribution in [0, 0.1) is 0 Å². The third-order valence-corrected chi connectivity index (χ3v) is 2.63. The standard InChI is InChI=1S/C12H18N2O6/c15-6-8(16)9(17)10(18)11(19)12(20)14-13-7-4-2-1-3-5-7/h1-5,8-11,13,15-19H,6H2,(H,14,20)/t8-,9-,10+,11+/m1/s1. The number of carbonyl (C=O) groups excluding carboxylic acids is 1. The Bertz CT molecular complexity index is 416. The van der Waals surface area contributed by atoms with E-state index in [4.69, 9.17) is 10.2 Å². The van der Waals surface area contributed by atoms with Gasteiger partial charge in [-0.25, -0.2) is 0 Å². The fourth-order valence-corrected chi connectivity index (χ4v) is 1.41. The van der Waals surface area contributed by atoms with E-state index in [1.165, 1.54) is 0 Å². The third-order valence-electron chi connectivity index (χ3n) is 2.63. The number of rotatable bonds is 7. The van der Waals surface area contributed by atoms with Crippen LogP contribution in [0.5, 0.6) is 0 Å². The summed E-state index contributed by atoms with van der Waals surface area (Å²) >= 11 is 0. The van der Waals surface area contributed by atoms with Crippen LogP contribution in [0.3, 0.4) is 0 Å². The van der Waals surface area contributed by atoms with Gasteiger partial charge in [0.1, 0.15) is 18.3 Å². The van der Waals surface area contributed by atoms with Crippen LogP contribution in [-0.4, -0.2) is 62.5 Å². The van der Waals surface area contributed by atoms with Gasteiger partial charge in [0.2, 0.25) is 0 Å². The first kappa shape index (κ1) is 16.3. The minimum atomic E-state index is -1.97. The van der Waals surface area contributed by atoms with Gasteiger partial charge in [0.25, 0.3) is 5.91 Å². The number of amides is 1. The van der Waals surface area contributed by atoms with E-state index >= 15 is 0 Å². The molecule has 0 spiro atoms. The second-order valence-electron chi connectivity index (χ2n) is 4.16. The van der Waals surface area contributed by atoms with Crippen LogP contribution in [0.4, 0.5) is 5.69 Å². The molecule has 0 heterocycles. The number of hydrogen-bond acceptors (Lipinski definition) is 7. The lowest BCUT2D eigenvalue weighted by atomic mass is 10.0. The molecule has 7 N–H and O–H groups in total. The van der Waals surface area contributed by atoms with Crippen molar-refractivity contribution in [2.45, 2.75) is 24.4 Å². The Morgan fingerprint density at radius 3 is 2.20 bits per heavy atom. The average molecular weight is 286 g/mol. The maximum atomic E-state index is 11.5. The summed E-state index contributed by atoms with van der Waals surface area (Å²) in [7, 11) is 0. The molecule has 0 aliphatic rings.